The summed E-state index contributed by atoms with van der Waals surface area (Å²) in [7, 11) is 0. The van der Waals surface area contributed by atoms with E-state index >= 15 is 0 Å². The highest BCUT2D eigenvalue weighted by Crippen LogP contribution is 2.28. The number of aryl methyl sites for hydroxylation is 1. The van der Waals surface area contributed by atoms with Gasteiger partial charge in [-0.3, -0.25) is 4.57 Å². The van der Waals surface area contributed by atoms with E-state index in [9.17, 15) is 0 Å². The molecule has 4 aromatic carbocycles. The van der Waals surface area contributed by atoms with Crippen LogP contribution < -0.4 is 5.32 Å². The predicted molar refractivity (Wildman–Crippen MR) is 141 cm³/mol. The zero-order chi connectivity index (χ0) is 22.2. The molecule has 0 unspecified atom stereocenters. The molecule has 6 heteroatoms. The number of aromatic nitrogens is 4. The summed E-state index contributed by atoms with van der Waals surface area (Å²) in [6, 6.07) is 33.3. The Kier molecular flexibility index (Phi) is 5.70. The molecule has 0 spiro atoms. The minimum absolute atomic E-state index is 0. The first kappa shape index (κ1) is 21.6. The third kappa shape index (κ3) is 3.87. The highest BCUT2D eigenvalue weighted by Gasteiger charge is 2.09. The molecule has 2 aromatic heterocycles. The molecule has 0 aliphatic heterocycles. The van der Waals surface area contributed by atoms with Gasteiger partial charge in [-0.25, -0.2) is 4.98 Å². The highest BCUT2D eigenvalue weighted by atomic mass is 35.5. The van der Waals surface area contributed by atoms with Gasteiger partial charge in [-0.05, 0) is 48.4 Å². The van der Waals surface area contributed by atoms with Crippen LogP contribution in [0.3, 0.4) is 0 Å². The Labute approximate surface area is 203 Å². The lowest BCUT2D eigenvalue weighted by Crippen LogP contribution is -1.99. The molecule has 6 aromatic rings. The van der Waals surface area contributed by atoms with Crippen LogP contribution in [-0.4, -0.2) is 19.7 Å². The van der Waals surface area contributed by atoms with Gasteiger partial charge in [0.15, 0.2) is 5.82 Å². The van der Waals surface area contributed by atoms with E-state index in [2.05, 4.69) is 97.9 Å². The number of rotatable bonds is 4. The predicted octanol–water partition coefficient (Wildman–Crippen LogP) is 7.11. The summed E-state index contributed by atoms with van der Waals surface area (Å²) in [5, 5.41) is 14.3. The van der Waals surface area contributed by atoms with E-state index < -0.39 is 0 Å². The maximum Gasteiger partial charge on any atom is 0.160 e. The Morgan fingerprint density at radius 3 is 2.21 bits per heavy atom. The molecule has 0 aliphatic rings. The molecular weight excluding hydrogens is 442 g/mol. The monoisotopic (exact) mass is 463 g/mol. The summed E-state index contributed by atoms with van der Waals surface area (Å²) >= 11 is 0. The standard InChI is InChI=1S/C28H21N5.ClH/c1-19-24-9-5-6-10-25(24)28(32-31-19)30-22-13-16-27-26(17-22)29-18-33(27)23-14-11-21(12-15-23)20-7-3-2-4-8-20;/h2-18H,1H3,(H,30,32);1H. The van der Waals surface area contributed by atoms with Crippen molar-refractivity contribution in [2.24, 2.45) is 0 Å². The lowest BCUT2D eigenvalue weighted by atomic mass is 10.1. The Morgan fingerprint density at radius 1 is 0.706 bits per heavy atom. The molecule has 0 radical (unpaired) electrons. The molecule has 6 rings (SSSR count). The van der Waals surface area contributed by atoms with E-state index in [1.807, 2.05) is 37.5 Å². The number of benzene rings is 4. The summed E-state index contributed by atoms with van der Waals surface area (Å²) in [6.07, 6.45) is 1.87. The molecule has 0 amide bonds. The van der Waals surface area contributed by atoms with Crippen LogP contribution in [0.15, 0.2) is 103 Å². The van der Waals surface area contributed by atoms with Crippen molar-refractivity contribution >= 4 is 45.7 Å². The van der Waals surface area contributed by atoms with Crippen molar-refractivity contribution in [3.63, 3.8) is 0 Å². The Balaban J connectivity index is 0.00000241. The number of halogens is 1. The molecule has 0 saturated carbocycles. The number of anilines is 2. The molecular formula is C28H22ClN5. The SMILES string of the molecule is Cc1nnc(Nc2ccc3c(c2)ncn3-c2ccc(-c3ccccc3)cc2)c2ccccc12.Cl. The lowest BCUT2D eigenvalue weighted by Gasteiger charge is -2.10. The zero-order valence-corrected chi connectivity index (χ0v) is 19.3. The van der Waals surface area contributed by atoms with Gasteiger partial charge in [0.05, 0.1) is 16.7 Å². The second kappa shape index (κ2) is 8.96. The Bertz CT molecular complexity index is 1590. The molecule has 5 nitrogen and oxygen atoms in total. The Morgan fingerprint density at radius 2 is 1.41 bits per heavy atom. The van der Waals surface area contributed by atoms with Crippen LogP contribution in [0.1, 0.15) is 5.69 Å². The van der Waals surface area contributed by atoms with Gasteiger partial charge in [0.2, 0.25) is 0 Å². The van der Waals surface area contributed by atoms with Crippen LogP contribution in [0.25, 0.3) is 38.6 Å². The molecule has 0 fully saturated rings. The van der Waals surface area contributed by atoms with E-state index in [4.69, 9.17) is 0 Å². The largest absolute Gasteiger partial charge is 0.338 e. The van der Waals surface area contributed by atoms with Crippen LogP contribution >= 0.6 is 12.4 Å². The van der Waals surface area contributed by atoms with Gasteiger partial charge in [0.1, 0.15) is 6.33 Å². The maximum absolute atomic E-state index is 4.64. The molecule has 1 N–H and O–H groups in total. The van der Waals surface area contributed by atoms with Gasteiger partial charge in [0, 0.05) is 22.1 Å². The lowest BCUT2D eigenvalue weighted by molar-refractivity contribution is 1.01. The summed E-state index contributed by atoms with van der Waals surface area (Å²) in [4.78, 5) is 4.64. The van der Waals surface area contributed by atoms with Crippen LogP contribution in [0.2, 0.25) is 0 Å². The molecule has 0 aliphatic carbocycles. The quantitative estimate of drug-likeness (QED) is 0.302. The first-order chi connectivity index (χ1) is 16.3. The van der Waals surface area contributed by atoms with E-state index in [-0.39, 0.29) is 12.4 Å². The van der Waals surface area contributed by atoms with Crippen LogP contribution in [0.4, 0.5) is 11.5 Å². The van der Waals surface area contributed by atoms with Gasteiger partial charge >= 0.3 is 0 Å². The molecule has 166 valence electrons. The minimum atomic E-state index is 0. The van der Waals surface area contributed by atoms with Crippen molar-refractivity contribution in [1.29, 1.82) is 0 Å². The van der Waals surface area contributed by atoms with Crippen molar-refractivity contribution in [2.45, 2.75) is 6.92 Å². The van der Waals surface area contributed by atoms with Crippen molar-refractivity contribution in [3.05, 3.63) is 109 Å². The maximum atomic E-state index is 4.64. The van der Waals surface area contributed by atoms with Gasteiger partial charge in [-0.1, -0.05) is 66.7 Å². The van der Waals surface area contributed by atoms with Crippen molar-refractivity contribution in [3.8, 4) is 16.8 Å². The molecule has 0 bridgehead atoms. The van der Waals surface area contributed by atoms with Crippen LogP contribution in [-0.2, 0) is 0 Å². The van der Waals surface area contributed by atoms with Gasteiger partial charge in [-0.15, -0.1) is 17.5 Å². The first-order valence-electron chi connectivity index (χ1n) is 10.9. The number of nitrogens with one attached hydrogen (secondary N) is 1. The van der Waals surface area contributed by atoms with E-state index in [1.165, 1.54) is 11.1 Å². The smallest absolute Gasteiger partial charge is 0.160 e. The fourth-order valence-corrected chi connectivity index (χ4v) is 4.21. The summed E-state index contributed by atoms with van der Waals surface area (Å²) in [6.45, 7) is 1.98. The van der Waals surface area contributed by atoms with Gasteiger partial charge in [0.25, 0.3) is 0 Å². The normalized spacial score (nSPS) is 10.9. The molecule has 0 atom stereocenters. The van der Waals surface area contributed by atoms with E-state index in [0.717, 1.165) is 44.7 Å². The van der Waals surface area contributed by atoms with Crippen molar-refractivity contribution < 1.29 is 0 Å². The molecule has 2 heterocycles. The molecule has 34 heavy (non-hydrogen) atoms. The van der Waals surface area contributed by atoms with Crippen molar-refractivity contribution in [1.82, 2.24) is 19.7 Å². The molecule has 0 saturated heterocycles. The number of hydrogen-bond donors (Lipinski definition) is 1. The minimum Gasteiger partial charge on any atom is -0.338 e. The zero-order valence-electron chi connectivity index (χ0n) is 18.5. The number of hydrogen-bond acceptors (Lipinski definition) is 4. The van der Waals surface area contributed by atoms with Crippen molar-refractivity contribution in [2.75, 3.05) is 5.32 Å². The van der Waals surface area contributed by atoms with Crippen LogP contribution in [0.5, 0.6) is 0 Å². The van der Waals surface area contributed by atoms with Gasteiger partial charge in [-0.2, -0.15) is 5.10 Å². The number of imidazole rings is 1. The first-order valence-corrected chi connectivity index (χ1v) is 10.9. The third-order valence-electron chi connectivity index (χ3n) is 5.93. The summed E-state index contributed by atoms with van der Waals surface area (Å²) < 4.78 is 2.11. The van der Waals surface area contributed by atoms with E-state index in [0.29, 0.717) is 0 Å². The summed E-state index contributed by atoms with van der Waals surface area (Å²) in [5.74, 6) is 0.742. The number of nitrogens with zero attached hydrogens (tertiary/aromatic N) is 4. The van der Waals surface area contributed by atoms with E-state index in [1.54, 1.807) is 0 Å². The fraction of sp³-hybridized carbons (Fsp3) is 0.0357. The second-order valence-corrected chi connectivity index (χ2v) is 8.04. The Hall–Kier alpha value is -4.22. The average Bonchev–Trinajstić information content (AvgIpc) is 3.30. The summed E-state index contributed by atoms with van der Waals surface area (Å²) in [5.41, 5.74) is 7.29. The fourth-order valence-electron chi connectivity index (χ4n) is 4.21. The average molecular weight is 464 g/mol. The topological polar surface area (TPSA) is 55.6 Å². The number of fused-ring (bicyclic) bond motifs is 2. The van der Waals surface area contributed by atoms with Gasteiger partial charge < -0.3 is 5.32 Å². The van der Waals surface area contributed by atoms with Crippen LogP contribution in [0, 0.1) is 6.92 Å². The third-order valence-corrected chi connectivity index (χ3v) is 5.93. The second-order valence-electron chi connectivity index (χ2n) is 8.04. The highest BCUT2D eigenvalue weighted by molar-refractivity contribution is 5.95.